The van der Waals surface area contributed by atoms with Gasteiger partial charge in [0.25, 0.3) is 0 Å². The average molecular weight is 1060 g/mol. The Labute approximate surface area is 470 Å². The number of unbranched alkanes of at least 4 members (excludes halogenated alkanes) is 46. The van der Waals surface area contributed by atoms with Gasteiger partial charge in [0.1, 0.15) is 6.61 Å². The van der Waals surface area contributed by atoms with Gasteiger partial charge in [-0.05, 0) is 38.6 Å². The summed E-state index contributed by atoms with van der Waals surface area (Å²) in [6.07, 6.45) is 67.9. The van der Waals surface area contributed by atoms with Crippen LogP contribution in [0, 0.1) is 5.41 Å². The number of hydrogen-bond donors (Lipinski definition) is 0. The van der Waals surface area contributed by atoms with E-state index < -0.39 is 5.41 Å². The maximum Gasteiger partial charge on any atom is 0.305 e. The molecular weight excluding hydrogens is 927 g/mol. The van der Waals surface area contributed by atoms with Crippen LogP contribution in [-0.4, -0.2) is 90.0 Å². The lowest BCUT2D eigenvalue weighted by molar-refractivity contribution is -0.156. The molecule has 0 saturated carbocycles. The Morgan fingerprint density at radius 1 is 0.333 bits per heavy atom. The maximum atomic E-state index is 13.3. The molecule has 0 amide bonds. The fraction of sp³-hybridized carbons (Fsp3) is 0.985. The summed E-state index contributed by atoms with van der Waals surface area (Å²) < 4.78 is 31.3. The van der Waals surface area contributed by atoms with E-state index in [0.29, 0.717) is 32.8 Å². The molecule has 1 rings (SSSR count). The van der Waals surface area contributed by atoms with Crippen molar-refractivity contribution in [2.45, 2.75) is 348 Å². The van der Waals surface area contributed by atoms with Crippen LogP contribution < -0.4 is 0 Å². The number of carbonyl (C=O) groups is 1. The largest absolute Gasteiger partial charge is 0.465 e. The van der Waals surface area contributed by atoms with E-state index >= 15 is 0 Å². The van der Waals surface area contributed by atoms with Crippen LogP contribution in [0.25, 0.3) is 0 Å². The van der Waals surface area contributed by atoms with Crippen LogP contribution in [0.5, 0.6) is 0 Å². The van der Waals surface area contributed by atoms with Crippen LogP contribution in [0.2, 0.25) is 0 Å². The summed E-state index contributed by atoms with van der Waals surface area (Å²) in [5, 5.41) is 0. The molecule has 75 heavy (non-hydrogen) atoms. The predicted octanol–water partition coefficient (Wildman–Crippen LogP) is 20.9. The fourth-order valence-corrected chi connectivity index (χ4v) is 11.1. The number of esters is 1. The highest BCUT2D eigenvalue weighted by Gasteiger charge is 2.34. The van der Waals surface area contributed by atoms with Crippen molar-refractivity contribution < 1.29 is 28.5 Å². The third-order valence-electron chi connectivity index (χ3n) is 16.4. The number of rotatable bonds is 64. The van der Waals surface area contributed by atoms with Gasteiger partial charge in [0.2, 0.25) is 0 Å². The predicted molar refractivity (Wildman–Crippen MR) is 326 cm³/mol. The molecule has 0 N–H and O–H groups in total. The Bertz CT molecular complexity index is 986. The zero-order chi connectivity index (χ0) is 53.7. The molecule has 1 fully saturated rings. The monoisotopic (exact) mass is 1060 g/mol. The summed E-state index contributed by atoms with van der Waals surface area (Å²) in [5.41, 5.74) is -0.497. The van der Waals surface area contributed by atoms with Crippen LogP contribution in [0.15, 0.2) is 0 Å². The van der Waals surface area contributed by atoms with Crippen LogP contribution in [-0.2, 0) is 28.5 Å². The molecule has 0 spiro atoms. The minimum absolute atomic E-state index is 0.102. The van der Waals surface area contributed by atoms with E-state index in [1.807, 2.05) is 0 Å². The van der Waals surface area contributed by atoms with Gasteiger partial charge in [-0.3, -0.25) is 9.69 Å². The fourth-order valence-electron chi connectivity index (χ4n) is 11.1. The Balaban J connectivity index is 2.58. The van der Waals surface area contributed by atoms with Crippen molar-refractivity contribution in [3.05, 3.63) is 0 Å². The lowest BCUT2D eigenvalue weighted by Crippen LogP contribution is -2.42. The summed E-state index contributed by atoms with van der Waals surface area (Å²) in [6.45, 7) is 15.6. The summed E-state index contributed by atoms with van der Waals surface area (Å²) in [5.74, 6) is -0.102. The lowest BCUT2D eigenvalue weighted by atomic mass is 9.92. The van der Waals surface area contributed by atoms with Crippen molar-refractivity contribution in [2.24, 2.45) is 5.41 Å². The van der Waals surface area contributed by atoms with Crippen molar-refractivity contribution in [3.63, 3.8) is 0 Å². The van der Waals surface area contributed by atoms with Gasteiger partial charge in [-0.25, -0.2) is 0 Å². The highest BCUT2D eigenvalue weighted by Crippen LogP contribution is 2.24. The Hall–Kier alpha value is -0.730. The first kappa shape index (κ1) is 72.3. The summed E-state index contributed by atoms with van der Waals surface area (Å²) in [4.78, 5) is 15.7. The van der Waals surface area contributed by atoms with Crippen molar-refractivity contribution in [1.82, 2.24) is 4.90 Å². The minimum atomic E-state index is -0.497. The topological polar surface area (TPSA) is 66.5 Å². The number of ether oxygens (including phenoxy) is 5. The van der Waals surface area contributed by atoms with E-state index in [4.69, 9.17) is 23.7 Å². The van der Waals surface area contributed by atoms with Crippen LogP contribution in [0.1, 0.15) is 348 Å². The van der Waals surface area contributed by atoms with Crippen molar-refractivity contribution in [2.75, 3.05) is 79.1 Å². The Kier molecular flexibility index (Phi) is 58.7. The number of morpholine rings is 1. The standard InChI is InChI=1S/C68H135NO6/c1-4-7-10-13-16-19-22-25-28-31-34-37-40-43-46-51-58-72-63-68(66-75-67(70)54-49-50-55-69-56-61-71-62-57-69,64-73-59-52-47-44-41-38-35-32-29-26-23-20-17-14-11-8-5-2)65-74-60-53-48-45-42-39-36-33-30-27-24-21-18-15-12-9-6-3/h4-66H2,1-3H3. The molecule has 1 saturated heterocycles. The summed E-state index contributed by atoms with van der Waals surface area (Å²) >= 11 is 0. The van der Waals surface area contributed by atoms with Gasteiger partial charge in [-0.15, -0.1) is 0 Å². The molecule has 0 aromatic carbocycles. The van der Waals surface area contributed by atoms with E-state index in [-0.39, 0.29) is 5.97 Å². The van der Waals surface area contributed by atoms with E-state index in [1.165, 1.54) is 289 Å². The van der Waals surface area contributed by atoms with Crippen LogP contribution in [0.3, 0.4) is 0 Å². The second-order valence-corrected chi connectivity index (χ2v) is 24.1. The third-order valence-corrected chi connectivity index (χ3v) is 16.4. The molecule has 448 valence electrons. The van der Waals surface area contributed by atoms with Gasteiger partial charge in [0.15, 0.2) is 0 Å². The molecule has 1 aliphatic rings. The molecular formula is C68H135NO6. The third kappa shape index (κ3) is 53.7. The molecule has 1 aliphatic heterocycles. The van der Waals surface area contributed by atoms with E-state index in [9.17, 15) is 4.79 Å². The van der Waals surface area contributed by atoms with Gasteiger partial charge in [-0.1, -0.05) is 310 Å². The normalized spacial score (nSPS) is 13.4. The van der Waals surface area contributed by atoms with Gasteiger partial charge < -0.3 is 23.7 Å². The van der Waals surface area contributed by atoms with Gasteiger partial charge in [-0.2, -0.15) is 0 Å². The molecule has 0 unspecified atom stereocenters. The first-order chi connectivity index (χ1) is 37.2. The van der Waals surface area contributed by atoms with Gasteiger partial charge >= 0.3 is 5.97 Å². The van der Waals surface area contributed by atoms with E-state index in [1.54, 1.807) is 0 Å². The van der Waals surface area contributed by atoms with Crippen molar-refractivity contribution >= 4 is 5.97 Å². The smallest absolute Gasteiger partial charge is 0.305 e. The number of hydrogen-bond acceptors (Lipinski definition) is 7. The Morgan fingerprint density at radius 2 is 0.587 bits per heavy atom. The molecule has 0 aromatic rings. The van der Waals surface area contributed by atoms with Crippen LogP contribution >= 0.6 is 0 Å². The van der Waals surface area contributed by atoms with Crippen molar-refractivity contribution in [1.29, 1.82) is 0 Å². The first-order valence-corrected chi connectivity index (χ1v) is 34.3. The van der Waals surface area contributed by atoms with E-state index in [0.717, 1.165) is 84.8 Å². The SMILES string of the molecule is CCCCCCCCCCCCCCCCCCOCC(COCCCCCCCCCCCCCCCCCC)(COCCCCCCCCCCCCCCCCCC)COC(=O)CCCCN1CCOCC1. The first-order valence-electron chi connectivity index (χ1n) is 34.3. The number of nitrogens with zero attached hydrogens (tertiary/aromatic N) is 1. The molecule has 1 heterocycles. The summed E-state index contributed by atoms with van der Waals surface area (Å²) in [6, 6.07) is 0. The van der Waals surface area contributed by atoms with Crippen molar-refractivity contribution in [3.8, 4) is 0 Å². The quantitative estimate of drug-likeness (QED) is 0.0444. The van der Waals surface area contributed by atoms with Gasteiger partial charge in [0, 0.05) is 39.3 Å². The molecule has 7 nitrogen and oxygen atoms in total. The van der Waals surface area contributed by atoms with Gasteiger partial charge in [0.05, 0.1) is 38.4 Å². The molecule has 0 radical (unpaired) electrons. The van der Waals surface area contributed by atoms with Crippen LogP contribution in [0.4, 0.5) is 0 Å². The molecule has 0 atom stereocenters. The highest BCUT2D eigenvalue weighted by molar-refractivity contribution is 5.69. The lowest BCUT2D eigenvalue weighted by Gasteiger charge is -2.33. The molecule has 0 aliphatic carbocycles. The second kappa shape index (κ2) is 60.9. The zero-order valence-electron chi connectivity index (χ0n) is 51.4. The summed E-state index contributed by atoms with van der Waals surface area (Å²) in [7, 11) is 0. The molecule has 7 heteroatoms. The van der Waals surface area contributed by atoms with E-state index in [2.05, 4.69) is 25.7 Å². The average Bonchev–Trinajstić information content (AvgIpc) is 3.42. The zero-order valence-corrected chi connectivity index (χ0v) is 51.4. The Morgan fingerprint density at radius 3 is 0.853 bits per heavy atom. The maximum absolute atomic E-state index is 13.3. The molecule has 0 aromatic heterocycles. The minimum Gasteiger partial charge on any atom is -0.465 e. The second-order valence-electron chi connectivity index (χ2n) is 24.1. The number of carbonyl (C=O) groups excluding carboxylic acids is 1. The highest BCUT2D eigenvalue weighted by atomic mass is 16.5. The molecule has 0 bridgehead atoms.